The summed E-state index contributed by atoms with van der Waals surface area (Å²) in [6.45, 7) is 0.562. The molecule has 1 N–H and O–H groups in total. The summed E-state index contributed by atoms with van der Waals surface area (Å²) in [6.07, 6.45) is 0. The van der Waals surface area contributed by atoms with Crippen molar-refractivity contribution in [3.63, 3.8) is 0 Å². The van der Waals surface area contributed by atoms with Gasteiger partial charge in [-0.1, -0.05) is 18.2 Å². The molecule has 0 spiro atoms. The molecule has 0 saturated carbocycles. The third-order valence-corrected chi connectivity index (χ3v) is 5.16. The fourth-order valence-electron chi connectivity index (χ4n) is 2.97. The number of carbonyl (C=O) groups excluding carboxylic acids is 2. The molecule has 1 unspecified atom stereocenters. The first kappa shape index (κ1) is 18.2. The average molecular weight is 373 g/mol. The number of hydrogen-bond donors (Lipinski definition) is 1. The maximum Gasteiger partial charge on any atom is 0.295 e. The number of carbonyl (C=O) groups is 2. The number of hydrogen-bond acceptors (Lipinski definition) is 6. The zero-order valence-corrected chi connectivity index (χ0v) is 15.3. The minimum absolute atomic E-state index is 0.0850. The van der Waals surface area contributed by atoms with E-state index in [-0.39, 0.29) is 17.9 Å². The van der Waals surface area contributed by atoms with Crippen LogP contribution in [0.25, 0.3) is 5.76 Å². The number of likely N-dealkylation sites (tertiary alicyclic amines) is 1. The second kappa shape index (κ2) is 7.72. The molecule has 0 radical (unpaired) electrons. The number of thiophene rings is 1. The lowest BCUT2D eigenvalue weighted by molar-refractivity contribution is -0.140. The van der Waals surface area contributed by atoms with E-state index in [4.69, 9.17) is 9.47 Å². The van der Waals surface area contributed by atoms with Crippen molar-refractivity contribution in [1.29, 1.82) is 0 Å². The summed E-state index contributed by atoms with van der Waals surface area (Å²) in [5.41, 5.74) is 0.512. The monoisotopic (exact) mass is 373 g/mol. The second-order valence-corrected chi connectivity index (χ2v) is 6.71. The van der Waals surface area contributed by atoms with E-state index in [1.165, 1.54) is 30.5 Å². The average Bonchev–Trinajstić information content (AvgIpc) is 3.27. The number of rotatable bonds is 6. The molecule has 2 aromatic rings. The van der Waals surface area contributed by atoms with Crippen LogP contribution in [0.1, 0.15) is 16.5 Å². The summed E-state index contributed by atoms with van der Waals surface area (Å²) >= 11 is 1.43. The van der Waals surface area contributed by atoms with Crippen molar-refractivity contribution in [1.82, 2.24) is 4.90 Å². The molecule has 26 heavy (non-hydrogen) atoms. The number of ether oxygens (including phenoxy) is 2. The van der Waals surface area contributed by atoms with E-state index in [0.29, 0.717) is 17.9 Å². The SMILES string of the molecule is COCCN1C(=O)C(=O)/C(=C(\O)c2cccc(OC)c2)C1c1cccs1. The first-order valence-corrected chi connectivity index (χ1v) is 8.91. The molecule has 0 bridgehead atoms. The molecule has 1 aromatic heterocycles. The fourth-order valence-corrected chi connectivity index (χ4v) is 3.81. The number of Topliss-reactive ketones (excluding diaryl/α,β-unsaturated/α-hetero) is 1. The predicted molar refractivity (Wildman–Crippen MR) is 98.2 cm³/mol. The molecular weight excluding hydrogens is 354 g/mol. The van der Waals surface area contributed by atoms with E-state index in [0.717, 1.165) is 4.88 Å². The molecule has 1 aliphatic rings. The molecule has 1 fully saturated rings. The molecule has 1 atom stereocenters. The summed E-state index contributed by atoms with van der Waals surface area (Å²) in [7, 11) is 3.06. The molecule has 2 heterocycles. The van der Waals surface area contributed by atoms with Crippen LogP contribution >= 0.6 is 11.3 Å². The van der Waals surface area contributed by atoms with Crippen molar-refractivity contribution >= 4 is 28.8 Å². The molecule has 3 rings (SSSR count). The summed E-state index contributed by atoms with van der Waals surface area (Å²) in [6, 6.07) is 9.83. The lowest BCUT2D eigenvalue weighted by Gasteiger charge is -2.23. The molecule has 0 aliphatic carbocycles. The molecular formula is C19H19NO5S. The first-order valence-electron chi connectivity index (χ1n) is 8.03. The second-order valence-electron chi connectivity index (χ2n) is 5.73. The van der Waals surface area contributed by atoms with Crippen molar-refractivity contribution < 1.29 is 24.2 Å². The van der Waals surface area contributed by atoms with Gasteiger partial charge in [0.25, 0.3) is 11.7 Å². The molecule has 6 nitrogen and oxygen atoms in total. The highest BCUT2D eigenvalue weighted by Gasteiger charge is 2.46. The summed E-state index contributed by atoms with van der Waals surface area (Å²) < 4.78 is 10.2. The van der Waals surface area contributed by atoms with E-state index in [1.807, 2.05) is 17.5 Å². The van der Waals surface area contributed by atoms with Gasteiger partial charge in [-0.2, -0.15) is 0 Å². The quantitative estimate of drug-likeness (QED) is 0.479. The Kier molecular flexibility index (Phi) is 5.39. The van der Waals surface area contributed by atoms with Crippen LogP contribution in [-0.2, 0) is 14.3 Å². The van der Waals surface area contributed by atoms with Gasteiger partial charge >= 0.3 is 0 Å². The zero-order chi connectivity index (χ0) is 18.7. The number of nitrogens with zero attached hydrogens (tertiary/aromatic N) is 1. The molecule has 136 valence electrons. The topological polar surface area (TPSA) is 76.1 Å². The smallest absolute Gasteiger partial charge is 0.295 e. The van der Waals surface area contributed by atoms with Gasteiger partial charge in [-0.3, -0.25) is 9.59 Å². The summed E-state index contributed by atoms with van der Waals surface area (Å²) in [5, 5.41) is 12.7. The van der Waals surface area contributed by atoms with Crippen LogP contribution in [0.2, 0.25) is 0 Å². The standard InChI is InChI=1S/C19H19NO5S/c1-24-9-8-20-16(14-7-4-10-26-14)15(18(22)19(20)23)17(21)12-5-3-6-13(11-12)25-2/h3-7,10-11,16,21H,8-9H2,1-2H3/b17-15-. The summed E-state index contributed by atoms with van der Waals surface area (Å²) in [4.78, 5) is 27.5. The van der Waals surface area contributed by atoms with E-state index in [9.17, 15) is 14.7 Å². The van der Waals surface area contributed by atoms with Gasteiger partial charge in [0.2, 0.25) is 0 Å². The number of benzene rings is 1. The number of aliphatic hydroxyl groups is 1. The van der Waals surface area contributed by atoms with E-state index in [1.54, 1.807) is 24.3 Å². The van der Waals surface area contributed by atoms with Crippen LogP contribution in [0, 0.1) is 0 Å². The van der Waals surface area contributed by atoms with Crippen molar-refractivity contribution in [2.45, 2.75) is 6.04 Å². The van der Waals surface area contributed by atoms with Gasteiger partial charge in [0, 0.05) is 24.1 Å². The molecule has 7 heteroatoms. The predicted octanol–water partition coefficient (Wildman–Crippen LogP) is 2.82. The zero-order valence-electron chi connectivity index (χ0n) is 14.5. The van der Waals surface area contributed by atoms with Crippen LogP contribution in [0.5, 0.6) is 5.75 Å². The van der Waals surface area contributed by atoms with Gasteiger partial charge in [-0.15, -0.1) is 11.3 Å². The third-order valence-electron chi connectivity index (χ3n) is 4.23. The van der Waals surface area contributed by atoms with Crippen molar-refractivity contribution in [2.24, 2.45) is 0 Å². The maximum atomic E-state index is 12.7. The molecule has 1 saturated heterocycles. The molecule has 1 aromatic carbocycles. The fraction of sp³-hybridized carbons (Fsp3) is 0.263. The van der Waals surface area contributed by atoms with Crippen LogP contribution < -0.4 is 4.74 Å². The van der Waals surface area contributed by atoms with Gasteiger partial charge in [0.05, 0.1) is 25.3 Å². The Morgan fingerprint density at radius 1 is 1.23 bits per heavy atom. The first-order chi connectivity index (χ1) is 12.6. The highest BCUT2D eigenvalue weighted by Crippen LogP contribution is 2.41. The van der Waals surface area contributed by atoms with Gasteiger partial charge in [0.15, 0.2) is 0 Å². The van der Waals surface area contributed by atoms with Gasteiger partial charge < -0.3 is 19.5 Å². The maximum absolute atomic E-state index is 12.7. The Balaban J connectivity index is 2.12. The summed E-state index contributed by atoms with van der Waals surface area (Å²) in [5.74, 6) is -0.986. The van der Waals surface area contributed by atoms with Crippen LogP contribution in [0.3, 0.4) is 0 Å². The van der Waals surface area contributed by atoms with E-state index >= 15 is 0 Å². The molecule has 1 amide bonds. The van der Waals surface area contributed by atoms with Crippen molar-refractivity contribution in [3.8, 4) is 5.75 Å². The Labute approximate surface area is 155 Å². The van der Waals surface area contributed by atoms with Gasteiger partial charge in [-0.25, -0.2) is 0 Å². The van der Waals surface area contributed by atoms with Crippen LogP contribution in [0.4, 0.5) is 0 Å². The van der Waals surface area contributed by atoms with Crippen LogP contribution in [0.15, 0.2) is 47.4 Å². The Hall–Kier alpha value is -2.64. The van der Waals surface area contributed by atoms with Gasteiger partial charge in [0.1, 0.15) is 11.5 Å². The lowest BCUT2D eigenvalue weighted by Crippen LogP contribution is -2.32. The van der Waals surface area contributed by atoms with Crippen molar-refractivity contribution in [2.75, 3.05) is 27.4 Å². The number of methoxy groups -OCH3 is 2. The lowest BCUT2D eigenvalue weighted by atomic mass is 10.00. The van der Waals surface area contributed by atoms with Crippen molar-refractivity contribution in [3.05, 3.63) is 57.8 Å². The van der Waals surface area contributed by atoms with E-state index < -0.39 is 17.7 Å². The largest absolute Gasteiger partial charge is 0.507 e. The van der Waals surface area contributed by atoms with Gasteiger partial charge in [-0.05, 0) is 23.6 Å². The minimum Gasteiger partial charge on any atom is -0.507 e. The highest BCUT2D eigenvalue weighted by molar-refractivity contribution is 7.10. The van der Waals surface area contributed by atoms with E-state index in [2.05, 4.69) is 0 Å². The Bertz CT molecular complexity index is 843. The van der Waals surface area contributed by atoms with Crippen LogP contribution in [-0.4, -0.2) is 49.1 Å². The number of amides is 1. The highest BCUT2D eigenvalue weighted by atomic mass is 32.1. The molecule has 1 aliphatic heterocycles. The minimum atomic E-state index is -0.695. The Morgan fingerprint density at radius 3 is 2.69 bits per heavy atom. The number of aliphatic hydroxyl groups excluding tert-OH is 1. The number of ketones is 1. The normalized spacial score (nSPS) is 19.2. The Morgan fingerprint density at radius 2 is 2.04 bits per heavy atom. The third kappa shape index (κ3) is 3.23.